The first kappa shape index (κ1) is 22.1. The fourth-order valence-electron chi connectivity index (χ4n) is 2.16. The lowest BCUT2D eigenvalue weighted by molar-refractivity contribution is -0.137. The van der Waals surface area contributed by atoms with Crippen LogP contribution >= 0.6 is 11.6 Å². The molecule has 11 heteroatoms. The molecule has 5 nitrogen and oxygen atoms in total. The van der Waals surface area contributed by atoms with Crippen molar-refractivity contribution in [1.82, 2.24) is 10.0 Å². The molecule has 0 heterocycles. The number of sulfonamides is 1. The second kappa shape index (κ2) is 8.89. The zero-order valence-corrected chi connectivity index (χ0v) is 15.8. The third-order valence-corrected chi connectivity index (χ3v) is 5.39. The van der Waals surface area contributed by atoms with Gasteiger partial charge in [0.25, 0.3) is 0 Å². The van der Waals surface area contributed by atoms with E-state index in [1.807, 2.05) is 0 Å². The van der Waals surface area contributed by atoms with Crippen LogP contribution < -0.4 is 10.0 Å². The first-order valence-electron chi connectivity index (χ1n) is 7.86. The minimum atomic E-state index is -4.80. The van der Waals surface area contributed by atoms with Crippen molar-refractivity contribution in [2.45, 2.75) is 24.0 Å². The third kappa shape index (κ3) is 6.18. The third-order valence-electron chi connectivity index (χ3n) is 3.60. The molecular formula is C17H15ClF4N2O3S. The average Bonchev–Trinajstić information content (AvgIpc) is 2.60. The van der Waals surface area contributed by atoms with E-state index in [9.17, 15) is 30.8 Å². The molecule has 1 amide bonds. The molecule has 0 unspecified atom stereocenters. The van der Waals surface area contributed by atoms with Crippen LogP contribution in [0.5, 0.6) is 0 Å². The van der Waals surface area contributed by atoms with Crippen LogP contribution in [0.4, 0.5) is 17.6 Å². The molecule has 2 N–H and O–H groups in total. The van der Waals surface area contributed by atoms with Crippen molar-refractivity contribution in [2.75, 3.05) is 6.54 Å². The maximum Gasteiger partial charge on any atom is 0.417 e. The number of alkyl halides is 3. The Kier molecular flexibility index (Phi) is 7.02. The topological polar surface area (TPSA) is 75.3 Å². The maximum atomic E-state index is 12.8. The summed E-state index contributed by atoms with van der Waals surface area (Å²) in [7, 11) is -4.26. The maximum absolute atomic E-state index is 12.8. The fourth-order valence-corrected chi connectivity index (χ4v) is 3.44. The van der Waals surface area contributed by atoms with Crippen molar-refractivity contribution in [3.8, 4) is 0 Å². The summed E-state index contributed by atoms with van der Waals surface area (Å²) in [5.74, 6) is -0.903. The average molecular weight is 439 g/mol. The molecule has 152 valence electrons. The molecule has 0 aliphatic rings. The summed E-state index contributed by atoms with van der Waals surface area (Å²) < 4.78 is 77.7. The van der Waals surface area contributed by atoms with Crippen molar-refractivity contribution in [1.29, 1.82) is 0 Å². The number of halogens is 5. The van der Waals surface area contributed by atoms with Gasteiger partial charge in [-0.05, 0) is 35.9 Å². The van der Waals surface area contributed by atoms with Gasteiger partial charge < -0.3 is 5.32 Å². The number of carbonyl (C=O) groups is 1. The van der Waals surface area contributed by atoms with Crippen LogP contribution in [0.2, 0.25) is 5.02 Å². The van der Waals surface area contributed by atoms with Gasteiger partial charge in [-0.25, -0.2) is 17.5 Å². The van der Waals surface area contributed by atoms with E-state index in [1.54, 1.807) is 0 Å². The summed E-state index contributed by atoms with van der Waals surface area (Å²) in [6.07, 6.45) is -5.04. The Morgan fingerprint density at radius 1 is 1.07 bits per heavy atom. The molecule has 2 aromatic rings. The lowest BCUT2D eigenvalue weighted by Gasteiger charge is -2.12. The van der Waals surface area contributed by atoms with E-state index in [4.69, 9.17) is 11.6 Å². The lowest BCUT2D eigenvalue weighted by atomic mass is 10.2. The molecule has 0 spiro atoms. The Balaban J connectivity index is 1.91. The summed E-state index contributed by atoms with van der Waals surface area (Å²) >= 11 is 5.46. The second-order valence-corrected chi connectivity index (χ2v) is 7.86. The van der Waals surface area contributed by atoms with E-state index in [1.165, 1.54) is 24.3 Å². The highest BCUT2D eigenvalue weighted by molar-refractivity contribution is 7.89. The highest BCUT2D eigenvalue weighted by Gasteiger charge is 2.34. The Hall–Kier alpha value is -2.17. The van der Waals surface area contributed by atoms with Gasteiger partial charge in [-0.1, -0.05) is 23.7 Å². The van der Waals surface area contributed by atoms with E-state index in [0.29, 0.717) is 11.6 Å². The van der Waals surface area contributed by atoms with Crippen LogP contribution in [0.15, 0.2) is 47.4 Å². The first-order chi connectivity index (χ1) is 13.0. The standard InChI is InChI=1S/C17H15ClF4N2O3S/c18-15-6-5-13(9-14(15)17(20,21)22)28(26,27)24-8-7-16(25)23-10-11-1-3-12(19)4-2-11/h1-6,9,24H,7-8,10H2,(H,23,25). The molecule has 0 saturated carbocycles. The normalized spacial score (nSPS) is 12.0. The predicted molar refractivity (Wildman–Crippen MR) is 94.5 cm³/mol. The highest BCUT2D eigenvalue weighted by Crippen LogP contribution is 2.35. The molecular weight excluding hydrogens is 424 g/mol. The SMILES string of the molecule is O=C(CCNS(=O)(=O)c1ccc(Cl)c(C(F)(F)F)c1)NCc1ccc(F)cc1. The van der Waals surface area contributed by atoms with Gasteiger partial charge >= 0.3 is 6.18 Å². The number of hydrogen-bond acceptors (Lipinski definition) is 3. The predicted octanol–water partition coefficient (Wildman–Crippen LogP) is 3.48. The molecule has 0 bridgehead atoms. The van der Waals surface area contributed by atoms with Crippen molar-refractivity contribution in [2.24, 2.45) is 0 Å². The van der Waals surface area contributed by atoms with Gasteiger partial charge in [0.05, 0.1) is 15.5 Å². The number of benzene rings is 2. The van der Waals surface area contributed by atoms with Crippen LogP contribution in [0.25, 0.3) is 0 Å². The van der Waals surface area contributed by atoms with E-state index >= 15 is 0 Å². The number of carbonyl (C=O) groups excluding carboxylic acids is 1. The van der Waals surface area contributed by atoms with E-state index in [0.717, 1.165) is 12.1 Å². The van der Waals surface area contributed by atoms with Crippen LogP contribution in [-0.2, 0) is 27.5 Å². The molecule has 0 saturated heterocycles. The van der Waals surface area contributed by atoms with E-state index in [2.05, 4.69) is 10.0 Å². The molecule has 0 aliphatic carbocycles. The summed E-state index contributed by atoms with van der Waals surface area (Å²) in [5.41, 5.74) is -0.620. The molecule has 2 aromatic carbocycles. The summed E-state index contributed by atoms with van der Waals surface area (Å²) in [6.45, 7) is -0.195. The van der Waals surface area contributed by atoms with Crippen molar-refractivity contribution in [3.63, 3.8) is 0 Å². The summed E-state index contributed by atoms with van der Waals surface area (Å²) in [6, 6.07) is 7.64. The van der Waals surface area contributed by atoms with E-state index in [-0.39, 0.29) is 19.5 Å². The summed E-state index contributed by atoms with van der Waals surface area (Å²) in [4.78, 5) is 11.1. The van der Waals surface area contributed by atoms with Crippen LogP contribution in [-0.4, -0.2) is 20.9 Å². The van der Waals surface area contributed by atoms with Gasteiger partial charge in [-0.15, -0.1) is 0 Å². The number of hydrogen-bond donors (Lipinski definition) is 2. The number of nitrogens with one attached hydrogen (secondary N) is 2. The van der Waals surface area contributed by atoms with Crippen molar-refractivity contribution in [3.05, 3.63) is 64.4 Å². The minimum Gasteiger partial charge on any atom is -0.352 e. The lowest BCUT2D eigenvalue weighted by Crippen LogP contribution is -2.30. The molecule has 0 aromatic heterocycles. The zero-order valence-electron chi connectivity index (χ0n) is 14.2. The van der Waals surface area contributed by atoms with Crippen molar-refractivity contribution < 1.29 is 30.8 Å². The second-order valence-electron chi connectivity index (χ2n) is 5.69. The minimum absolute atomic E-state index is 0.123. The smallest absolute Gasteiger partial charge is 0.352 e. The van der Waals surface area contributed by atoms with Gasteiger partial charge in [0.2, 0.25) is 15.9 Å². The molecule has 0 fully saturated rings. The Morgan fingerprint density at radius 3 is 2.32 bits per heavy atom. The Bertz CT molecular complexity index is 948. The van der Waals surface area contributed by atoms with Gasteiger partial charge in [0.1, 0.15) is 5.82 Å². The molecule has 28 heavy (non-hydrogen) atoms. The van der Waals surface area contributed by atoms with Crippen LogP contribution in [0.3, 0.4) is 0 Å². The van der Waals surface area contributed by atoms with Crippen molar-refractivity contribution >= 4 is 27.5 Å². The number of amides is 1. The van der Waals surface area contributed by atoms with Gasteiger partial charge in [-0.2, -0.15) is 13.2 Å². The molecule has 0 radical (unpaired) electrons. The molecule has 2 rings (SSSR count). The van der Waals surface area contributed by atoms with Gasteiger partial charge in [0.15, 0.2) is 0 Å². The highest BCUT2D eigenvalue weighted by atomic mass is 35.5. The molecule has 0 atom stereocenters. The Labute approximate surface area is 163 Å². The van der Waals surface area contributed by atoms with Crippen LogP contribution in [0, 0.1) is 5.82 Å². The van der Waals surface area contributed by atoms with E-state index < -0.39 is 43.4 Å². The quantitative estimate of drug-likeness (QED) is 0.650. The van der Waals surface area contributed by atoms with Gasteiger partial charge in [-0.3, -0.25) is 4.79 Å². The first-order valence-corrected chi connectivity index (χ1v) is 9.73. The summed E-state index contributed by atoms with van der Waals surface area (Å²) in [5, 5.41) is 1.90. The number of rotatable bonds is 7. The largest absolute Gasteiger partial charge is 0.417 e. The Morgan fingerprint density at radius 2 is 1.71 bits per heavy atom. The fraction of sp³-hybridized carbons (Fsp3) is 0.235. The van der Waals surface area contributed by atoms with Gasteiger partial charge in [0, 0.05) is 19.5 Å². The molecule has 0 aliphatic heterocycles. The monoisotopic (exact) mass is 438 g/mol. The van der Waals surface area contributed by atoms with Crippen LogP contribution in [0.1, 0.15) is 17.5 Å². The zero-order chi connectivity index (χ0) is 20.9.